The molecule has 1 fully saturated rings. The Hall–Kier alpha value is -0.340. The lowest BCUT2D eigenvalue weighted by Gasteiger charge is -2.22. The van der Waals surface area contributed by atoms with Gasteiger partial charge in [0.25, 0.3) is 0 Å². The van der Waals surface area contributed by atoms with E-state index in [2.05, 4.69) is 0 Å². The lowest BCUT2D eigenvalue weighted by molar-refractivity contribution is -0.137. The van der Waals surface area contributed by atoms with Crippen molar-refractivity contribution in [1.29, 1.82) is 0 Å². The van der Waals surface area contributed by atoms with Gasteiger partial charge in [-0.25, -0.2) is 8.42 Å². The second-order valence-corrected chi connectivity index (χ2v) is 5.47. The van der Waals surface area contributed by atoms with Crippen LogP contribution in [0, 0.1) is 0 Å². The Kier molecular flexibility index (Phi) is 3.62. The van der Waals surface area contributed by atoms with E-state index in [1.54, 1.807) is 0 Å². The summed E-state index contributed by atoms with van der Waals surface area (Å²) in [6.07, 6.45) is -3.62. The van der Waals surface area contributed by atoms with Gasteiger partial charge in [-0.15, -0.1) is 0 Å². The minimum Gasteiger partial charge on any atom is -0.395 e. The second-order valence-electron chi connectivity index (χ2n) is 3.43. The Morgan fingerprint density at radius 2 is 1.87 bits per heavy atom. The number of halogens is 3. The highest BCUT2D eigenvalue weighted by atomic mass is 32.2. The normalized spacial score (nSPS) is 18.5. The van der Waals surface area contributed by atoms with Crippen molar-refractivity contribution in [3.05, 3.63) is 0 Å². The first kappa shape index (κ1) is 12.7. The van der Waals surface area contributed by atoms with E-state index in [0.29, 0.717) is 17.1 Å². The maximum absolute atomic E-state index is 12.1. The molecular formula is C7H12F3NO3S. The van der Waals surface area contributed by atoms with Crippen molar-refractivity contribution < 1.29 is 26.7 Å². The van der Waals surface area contributed by atoms with Crippen LogP contribution < -0.4 is 0 Å². The molecule has 0 aliphatic heterocycles. The molecule has 0 aromatic carbocycles. The molecule has 1 saturated carbocycles. The second kappa shape index (κ2) is 4.26. The van der Waals surface area contributed by atoms with Gasteiger partial charge in [0.2, 0.25) is 10.0 Å². The molecule has 0 aromatic heterocycles. The maximum Gasteiger partial charge on any atom is 0.402 e. The first-order chi connectivity index (χ1) is 6.76. The van der Waals surface area contributed by atoms with E-state index in [4.69, 9.17) is 5.11 Å². The van der Waals surface area contributed by atoms with Crippen molar-refractivity contribution in [2.24, 2.45) is 0 Å². The van der Waals surface area contributed by atoms with Crippen LogP contribution in [0.4, 0.5) is 13.2 Å². The van der Waals surface area contributed by atoms with E-state index in [-0.39, 0.29) is 0 Å². The highest BCUT2D eigenvalue weighted by molar-refractivity contribution is 7.89. The number of sulfonamides is 1. The molecule has 1 N–H and O–H groups in total. The van der Waals surface area contributed by atoms with Gasteiger partial charge < -0.3 is 5.11 Å². The molecule has 1 aliphatic carbocycles. The van der Waals surface area contributed by atoms with Crippen LogP contribution in [-0.4, -0.2) is 49.0 Å². The van der Waals surface area contributed by atoms with E-state index >= 15 is 0 Å². The number of aliphatic hydroxyl groups excluding tert-OH is 1. The summed E-state index contributed by atoms with van der Waals surface area (Å²) in [4.78, 5) is 0. The number of nitrogens with zero attached hydrogens (tertiary/aromatic N) is 1. The largest absolute Gasteiger partial charge is 0.402 e. The monoisotopic (exact) mass is 247 g/mol. The SMILES string of the molecule is O=S(=O)(CCO)N(CC(F)(F)F)C1CC1. The summed E-state index contributed by atoms with van der Waals surface area (Å²) in [6.45, 7) is -2.12. The third-order valence-corrected chi connectivity index (χ3v) is 3.84. The van der Waals surface area contributed by atoms with Gasteiger partial charge in [-0.1, -0.05) is 0 Å². The van der Waals surface area contributed by atoms with E-state index in [1.165, 1.54) is 0 Å². The van der Waals surface area contributed by atoms with Crippen LogP contribution in [0.5, 0.6) is 0 Å². The summed E-state index contributed by atoms with van der Waals surface area (Å²) in [5.41, 5.74) is 0. The first-order valence-electron chi connectivity index (χ1n) is 4.43. The molecule has 0 unspecified atom stereocenters. The predicted molar refractivity (Wildman–Crippen MR) is 46.7 cm³/mol. The summed E-state index contributed by atoms with van der Waals surface area (Å²) >= 11 is 0. The van der Waals surface area contributed by atoms with Crippen LogP contribution in [0.1, 0.15) is 12.8 Å². The first-order valence-corrected chi connectivity index (χ1v) is 6.04. The lowest BCUT2D eigenvalue weighted by atomic mass is 10.6. The summed E-state index contributed by atoms with van der Waals surface area (Å²) in [7, 11) is -3.98. The zero-order valence-corrected chi connectivity index (χ0v) is 8.68. The molecule has 1 rings (SSSR count). The van der Waals surface area contributed by atoms with Gasteiger partial charge in [-0.2, -0.15) is 17.5 Å². The maximum atomic E-state index is 12.1. The minimum absolute atomic E-state index is 0.448. The topological polar surface area (TPSA) is 57.6 Å². The summed E-state index contributed by atoms with van der Waals surface area (Å²) in [5, 5.41) is 8.46. The highest BCUT2D eigenvalue weighted by Gasteiger charge is 2.43. The van der Waals surface area contributed by atoms with Crippen molar-refractivity contribution in [3.63, 3.8) is 0 Å². The van der Waals surface area contributed by atoms with Gasteiger partial charge in [-0.3, -0.25) is 0 Å². The highest BCUT2D eigenvalue weighted by Crippen LogP contribution is 2.32. The van der Waals surface area contributed by atoms with E-state index in [0.717, 1.165) is 0 Å². The molecule has 1 aliphatic rings. The average Bonchev–Trinajstić information content (AvgIpc) is 2.80. The molecule has 0 spiro atoms. The van der Waals surface area contributed by atoms with Crippen LogP contribution in [0.2, 0.25) is 0 Å². The molecule has 0 bridgehead atoms. The molecule has 0 atom stereocenters. The Balaban J connectivity index is 2.74. The molecule has 0 amide bonds. The smallest absolute Gasteiger partial charge is 0.395 e. The predicted octanol–water partition coefficient (Wildman–Crippen LogP) is 0.335. The average molecular weight is 247 g/mol. The Morgan fingerprint density at radius 1 is 1.33 bits per heavy atom. The fourth-order valence-corrected chi connectivity index (χ4v) is 2.70. The molecule has 8 heteroatoms. The van der Waals surface area contributed by atoms with E-state index in [1.807, 2.05) is 0 Å². The Labute approximate surface area is 85.7 Å². The van der Waals surface area contributed by atoms with Crippen molar-refractivity contribution in [2.75, 3.05) is 18.9 Å². The van der Waals surface area contributed by atoms with Gasteiger partial charge in [-0.05, 0) is 12.8 Å². The third kappa shape index (κ3) is 3.96. The van der Waals surface area contributed by atoms with Gasteiger partial charge in [0, 0.05) is 6.04 Å². The fraction of sp³-hybridized carbons (Fsp3) is 1.00. The number of aliphatic hydroxyl groups is 1. The van der Waals surface area contributed by atoms with Crippen molar-refractivity contribution >= 4 is 10.0 Å². The zero-order chi connectivity index (χ0) is 11.7. The zero-order valence-electron chi connectivity index (χ0n) is 7.87. The quantitative estimate of drug-likeness (QED) is 0.762. The number of hydrogen-bond donors (Lipinski definition) is 1. The molecule has 0 radical (unpaired) electrons. The van der Waals surface area contributed by atoms with Crippen molar-refractivity contribution in [2.45, 2.75) is 25.1 Å². The fourth-order valence-electron chi connectivity index (χ4n) is 1.23. The third-order valence-electron chi connectivity index (χ3n) is 2.00. The molecule has 4 nitrogen and oxygen atoms in total. The molecular weight excluding hydrogens is 235 g/mol. The molecule has 0 heterocycles. The van der Waals surface area contributed by atoms with Crippen LogP contribution in [0.3, 0.4) is 0 Å². The van der Waals surface area contributed by atoms with Crippen LogP contribution >= 0.6 is 0 Å². The summed E-state index contributed by atoms with van der Waals surface area (Å²) in [5.74, 6) is -0.653. The van der Waals surface area contributed by atoms with Gasteiger partial charge >= 0.3 is 6.18 Å². The number of hydrogen-bond acceptors (Lipinski definition) is 3. The van der Waals surface area contributed by atoms with E-state index < -0.39 is 41.1 Å². The molecule has 0 aromatic rings. The number of rotatable bonds is 5. The Bertz CT molecular complexity index is 310. The van der Waals surface area contributed by atoms with Gasteiger partial charge in [0.05, 0.1) is 12.4 Å². The van der Waals surface area contributed by atoms with Crippen LogP contribution in [-0.2, 0) is 10.0 Å². The van der Waals surface area contributed by atoms with E-state index in [9.17, 15) is 21.6 Å². The van der Waals surface area contributed by atoms with Gasteiger partial charge in [0.1, 0.15) is 6.54 Å². The summed E-state index contributed by atoms with van der Waals surface area (Å²) < 4.78 is 59.4. The number of alkyl halides is 3. The van der Waals surface area contributed by atoms with Crippen LogP contribution in [0.25, 0.3) is 0 Å². The van der Waals surface area contributed by atoms with Gasteiger partial charge in [0.15, 0.2) is 0 Å². The lowest BCUT2D eigenvalue weighted by Crippen LogP contribution is -2.42. The molecule has 0 saturated heterocycles. The standard InChI is InChI=1S/C7H12F3NO3S/c8-7(9,10)5-11(6-1-2-6)15(13,14)4-3-12/h6,12H,1-5H2. The molecule has 15 heavy (non-hydrogen) atoms. The van der Waals surface area contributed by atoms with Crippen molar-refractivity contribution in [3.8, 4) is 0 Å². The van der Waals surface area contributed by atoms with Crippen LogP contribution in [0.15, 0.2) is 0 Å². The minimum atomic E-state index is -4.54. The Morgan fingerprint density at radius 3 is 2.20 bits per heavy atom. The molecule has 90 valence electrons. The van der Waals surface area contributed by atoms with Crippen molar-refractivity contribution in [1.82, 2.24) is 4.31 Å². The summed E-state index contributed by atoms with van der Waals surface area (Å²) in [6, 6.07) is -0.539.